The Balaban J connectivity index is 2.31. The van der Waals surface area contributed by atoms with Crippen molar-refractivity contribution in [1.29, 1.82) is 0 Å². The maximum Gasteiger partial charge on any atom is 0.213 e. The van der Waals surface area contributed by atoms with Crippen LogP contribution in [0.2, 0.25) is 0 Å². The molecular formula is C14H22N2O3S. The third-order valence-electron chi connectivity index (χ3n) is 2.53. The normalized spacial score (nSPS) is 12.2. The molecule has 0 aliphatic rings. The SMILES string of the molecule is CC(S)NCCOc1ccc(OCC(=O)C(C)C)cn1. The third-order valence-corrected chi connectivity index (χ3v) is 2.71. The van der Waals surface area contributed by atoms with Crippen molar-refractivity contribution in [3.63, 3.8) is 0 Å². The van der Waals surface area contributed by atoms with E-state index in [1.807, 2.05) is 20.8 Å². The number of nitrogens with zero attached hydrogens (tertiary/aromatic N) is 1. The van der Waals surface area contributed by atoms with E-state index in [4.69, 9.17) is 9.47 Å². The van der Waals surface area contributed by atoms with Gasteiger partial charge in [0.05, 0.1) is 6.20 Å². The molecular weight excluding hydrogens is 276 g/mol. The molecule has 1 aromatic heterocycles. The molecule has 20 heavy (non-hydrogen) atoms. The number of rotatable bonds is 9. The second-order valence-corrected chi connectivity index (χ2v) is 5.49. The van der Waals surface area contributed by atoms with Gasteiger partial charge >= 0.3 is 0 Å². The van der Waals surface area contributed by atoms with E-state index in [9.17, 15) is 4.79 Å². The number of carbonyl (C=O) groups excluding carboxylic acids is 1. The average Bonchev–Trinajstić information content (AvgIpc) is 2.42. The van der Waals surface area contributed by atoms with Crippen molar-refractivity contribution in [2.45, 2.75) is 26.1 Å². The van der Waals surface area contributed by atoms with Crippen LogP contribution < -0.4 is 14.8 Å². The van der Waals surface area contributed by atoms with Gasteiger partial charge in [-0.3, -0.25) is 4.79 Å². The third kappa shape index (κ3) is 6.77. The van der Waals surface area contributed by atoms with E-state index >= 15 is 0 Å². The molecule has 1 unspecified atom stereocenters. The number of ether oxygens (including phenoxy) is 2. The van der Waals surface area contributed by atoms with E-state index in [0.717, 1.165) is 0 Å². The number of pyridine rings is 1. The van der Waals surface area contributed by atoms with Gasteiger partial charge in [-0.2, -0.15) is 12.6 Å². The van der Waals surface area contributed by atoms with Gasteiger partial charge in [-0.15, -0.1) is 0 Å². The Hall–Kier alpha value is -1.27. The summed E-state index contributed by atoms with van der Waals surface area (Å²) in [5.41, 5.74) is 0. The number of ketones is 1. The van der Waals surface area contributed by atoms with Gasteiger partial charge in [0.25, 0.3) is 0 Å². The van der Waals surface area contributed by atoms with Crippen molar-refractivity contribution in [2.75, 3.05) is 19.8 Å². The summed E-state index contributed by atoms with van der Waals surface area (Å²) >= 11 is 4.20. The highest BCUT2D eigenvalue weighted by atomic mass is 32.1. The summed E-state index contributed by atoms with van der Waals surface area (Å²) in [6.07, 6.45) is 1.55. The van der Waals surface area contributed by atoms with Gasteiger partial charge in [0.1, 0.15) is 19.0 Å². The minimum absolute atomic E-state index is 0.0210. The maximum atomic E-state index is 11.4. The summed E-state index contributed by atoms with van der Waals surface area (Å²) in [5, 5.41) is 3.26. The number of hydrogen-bond acceptors (Lipinski definition) is 6. The minimum Gasteiger partial charge on any atom is -0.484 e. The predicted octanol–water partition coefficient (Wildman–Crippen LogP) is 1.93. The minimum atomic E-state index is -0.0210. The number of thiol groups is 1. The largest absolute Gasteiger partial charge is 0.484 e. The lowest BCUT2D eigenvalue weighted by Crippen LogP contribution is -2.26. The van der Waals surface area contributed by atoms with Gasteiger partial charge in [-0.25, -0.2) is 4.98 Å². The highest BCUT2D eigenvalue weighted by Crippen LogP contribution is 2.14. The molecule has 1 N–H and O–H groups in total. The lowest BCUT2D eigenvalue weighted by atomic mass is 10.1. The Morgan fingerprint density at radius 1 is 1.35 bits per heavy atom. The highest BCUT2D eigenvalue weighted by molar-refractivity contribution is 7.80. The van der Waals surface area contributed by atoms with E-state index in [1.165, 1.54) is 0 Å². The van der Waals surface area contributed by atoms with Crippen molar-refractivity contribution in [3.8, 4) is 11.6 Å². The molecule has 112 valence electrons. The number of hydrogen-bond donors (Lipinski definition) is 2. The molecule has 0 aliphatic heterocycles. The van der Waals surface area contributed by atoms with E-state index in [0.29, 0.717) is 24.8 Å². The highest BCUT2D eigenvalue weighted by Gasteiger charge is 2.08. The van der Waals surface area contributed by atoms with Gasteiger partial charge < -0.3 is 14.8 Å². The molecule has 0 aliphatic carbocycles. The Kier molecular flexibility index (Phi) is 7.40. The number of nitrogens with one attached hydrogen (secondary N) is 1. The number of Topliss-reactive ketones (excluding diaryl/α,β-unsaturated/α-hetero) is 1. The molecule has 1 heterocycles. The lowest BCUT2D eigenvalue weighted by Gasteiger charge is -2.10. The van der Waals surface area contributed by atoms with Gasteiger partial charge in [0.15, 0.2) is 5.78 Å². The summed E-state index contributed by atoms with van der Waals surface area (Å²) in [7, 11) is 0. The Morgan fingerprint density at radius 2 is 2.10 bits per heavy atom. The second kappa shape index (κ2) is 8.81. The van der Waals surface area contributed by atoms with Crippen LogP contribution >= 0.6 is 12.6 Å². The first kappa shape index (κ1) is 16.8. The van der Waals surface area contributed by atoms with Gasteiger partial charge in [0, 0.05) is 23.9 Å². The fourth-order valence-electron chi connectivity index (χ4n) is 1.28. The molecule has 0 fully saturated rings. The second-order valence-electron chi connectivity index (χ2n) is 4.72. The predicted molar refractivity (Wildman–Crippen MR) is 81.5 cm³/mol. The van der Waals surface area contributed by atoms with Crippen molar-refractivity contribution >= 4 is 18.4 Å². The van der Waals surface area contributed by atoms with Crippen LogP contribution in [0.5, 0.6) is 11.6 Å². The topological polar surface area (TPSA) is 60.5 Å². The first-order chi connectivity index (χ1) is 9.49. The van der Waals surface area contributed by atoms with Gasteiger partial charge in [-0.05, 0) is 13.0 Å². The van der Waals surface area contributed by atoms with Crippen LogP contribution in [0.15, 0.2) is 18.3 Å². The summed E-state index contributed by atoms with van der Waals surface area (Å²) in [5.74, 6) is 1.14. The molecule has 1 rings (SSSR count). The van der Waals surface area contributed by atoms with Crippen LogP contribution in [0.4, 0.5) is 0 Å². The van der Waals surface area contributed by atoms with Crippen molar-refractivity contribution in [1.82, 2.24) is 10.3 Å². The Labute approximate surface area is 125 Å². The molecule has 0 amide bonds. The molecule has 0 saturated heterocycles. The zero-order chi connectivity index (χ0) is 15.0. The molecule has 0 spiro atoms. The molecule has 0 saturated carbocycles. The van der Waals surface area contributed by atoms with E-state index in [-0.39, 0.29) is 23.7 Å². The number of aromatic nitrogens is 1. The summed E-state index contributed by atoms with van der Waals surface area (Å²) < 4.78 is 10.8. The molecule has 0 bridgehead atoms. The van der Waals surface area contributed by atoms with Crippen molar-refractivity contribution in [3.05, 3.63) is 18.3 Å². The molecule has 5 nitrogen and oxygen atoms in total. The molecule has 0 radical (unpaired) electrons. The quantitative estimate of drug-likeness (QED) is 0.414. The van der Waals surface area contributed by atoms with Crippen LogP contribution in [0.3, 0.4) is 0 Å². The van der Waals surface area contributed by atoms with Crippen LogP contribution in [0.1, 0.15) is 20.8 Å². The zero-order valence-corrected chi connectivity index (χ0v) is 13.0. The molecule has 6 heteroatoms. The maximum absolute atomic E-state index is 11.4. The van der Waals surface area contributed by atoms with Gasteiger partial charge in [-0.1, -0.05) is 13.8 Å². The molecule has 0 aromatic carbocycles. The fourth-order valence-corrected chi connectivity index (χ4v) is 1.41. The monoisotopic (exact) mass is 298 g/mol. The smallest absolute Gasteiger partial charge is 0.213 e. The van der Waals surface area contributed by atoms with Crippen LogP contribution in [-0.2, 0) is 4.79 Å². The van der Waals surface area contributed by atoms with E-state index in [2.05, 4.69) is 22.9 Å². The Bertz CT molecular complexity index is 407. The summed E-state index contributed by atoms with van der Waals surface area (Å²) in [6.45, 7) is 6.94. The van der Waals surface area contributed by atoms with Crippen molar-refractivity contribution in [2.24, 2.45) is 5.92 Å². The summed E-state index contributed by atoms with van der Waals surface area (Å²) in [6, 6.07) is 3.46. The lowest BCUT2D eigenvalue weighted by molar-refractivity contribution is -0.123. The van der Waals surface area contributed by atoms with Crippen LogP contribution in [-0.4, -0.2) is 35.9 Å². The standard InChI is InChI=1S/C14H22N2O3S/c1-10(2)13(17)9-19-12-4-5-14(16-8-12)18-7-6-15-11(3)20/h4-5,8,10-11,15,20H,6-7,9H2,1-3H3. The first-order valence-electron chi connectivity index (χ1n) is 6.65. The van der Waals surface area contributed by atoms with Crippen molar-refractivity contribution < 1.29 is 14.3 Å². The zero-order valence-electron chi connectivity index (χ0n) is 12.1. The summed E-state index contributed by atoms with van der Waals surface area (Å²) in [4.78, 5) is 15.5. The fraction of sp³-hybridized carbons (Fsp3) is 0.571. The Morgan fingerprint density at radius 3 is 2.65 bits per heavy atom. The number of carbonyl (C=O) groups is 1. The first-order valence-corrected chi connectivity index (χ1v) is 7.16. The van der Waals surface area contributed by atoms with Gasteiger partial charge in [0.2, 0.25) is 5.88 Å². The van der Waals surface area contributed by atoms with Crippen LogP contribution in [0.25, 0.3) is 0 Å². The van der Waals surface area contributed by atoms with E-state index < -0.39 is 0 Å². The molecule has 1 atom stereocenters. The van der Waals surface area contributed by atoms with Crippen LogP contribution in [0, 0.1) is 5.92 Å². The molecule has 1 aromatic rings. The average molecular weight is 298 g/mol. The van der Waals surface area contributed by atoms with E-state index in [1.54, 1.807) is 18.3 Å².